The maximum Gasteiger partial charge on any atom is 0.331 e. The summed E-state index contributed by atoms with van der Waals surface area (Å²) in [5, 5.41) is 12.0. The fourth-order valence-corrected chi connectivity index (χ4v) is 2.29. The molecule has 0 radical (unpaired) electrons. The summed E-state index contributed by atoms with van der Waals surface area (Å²) in [7, 11) is 2.70. The predicted molar refractivity (Wildman–Crippen MR) is 69.2 cm³/mol. The summed E-state index contributed by atoms with van der Waals surface area (Å²) in [6.07, 6.45) is 0. The van der Waals surface area contributed by atoms with Crippen LogP contribution in [-0.4, -0.2) is 53.6 Å². The molecule has 1 atom stereocenters. The number of nitrogens with zero attached hydrogens (tertiary/aromatic N) is 2. The molecule has 100 valence electrons. The maximum atomic E-state index is 11.9. The third kappa shape index (κ3) is 2.22. The van der Waals surface area contributed by atoms with Crippen molar-refractivity contribution in [2.24, 2.45) is 0 Å². The zero-order chi connectivity index (χ0) is 14.2. The normalized spacial score (nSPS) is 19.9. The van der Waals surface area contributed by atoms with Crippen molar-refractivity contribution in [3.63, 3.8) is 0 Å². The Morgan fingerprint density at radius 1 is 1.37 bits per heavy atom. The Bertz CT molecular complexity index is 530. The Labute approximate surface area is 113 Å². The highest BCUT2D eigenvalue weighted by Gasteiger charge is 2.40. The Morgan fingerprint density at radius 2 is 2.05 bits per heavy atom. The first kappa shape index (κ1) is 13.2. The van der Waals surface area contributed by atoms with Crippen LogP contribution in [0.25, 0.3) is 0 Å². The van der Waals surface area contributed by atoms with Crippen molar-refractivity contribution in [2.75, 3.05) is 14.1 Å². The van der Waals surface area contributed by atoms with E-state index in [1.165, 1.54) is 25.4 Å². The molecule has 2 heterocycles. The van der Waals surface area contributed by atoms with Gasteiger partial charge >= 0.3 is 6.03 Å². The Morgan fingerprint density at radius 3 is 2.63 bits per heavy atom. The number of thiophene rings is 1. The lowest BCUT2D eigenvalue weighted by Gasteiger charge is -2.34. The van der Waals surface area contributed by atoms with Crippen LogP contribution in [0.2, 0.25) is 0 Å². The van der Waals surface area contributed by atoms with E-state index in [0.29, 0.717) is 4.88 Å². The van der Waals surface area contributed by atoms with Gasteiger partial charge in [-0.2, -0.15) is 0 Å². The molecule has 19 heavy (non-hydrogen) atoms. The molecule has 2 rings (SSSR count). The molecule has 4 amide bonds. The van der Waals surface area contributed by atoms with Crippen molar-refractivity contribution in [3.05, 3.63) is 22.4 Å². The Hall–Kier alpha value is -2.22. The van der Waals surface area contributed by atoms with Gasteiger partial charge in [0.15, 0.2) is 6.04 Å². The molecule has 1 aromatic heterocycles. The molecule has 1 aromatic rings. The van der Waals surface area contributed by atoms with Gasteiger partial charge in [-0.3, -0.25) is 24.8 Å². The van der Waals surface area contributed by atoms with Crippen LogP contribution in [0, 0.1) is 5.41 Å². The van der Waals surface area contributed by atoms with E-state index in [9.17, 15) is 14.4 Å². The summed E-state index contributed by atoms with van der Waals surface area (Å²) in [4.78, 5) is 37.8. The lowest BCUT2D eigenvalue weighted by molar-refractivity contribution is -0.128. The summed E-state index contributed by atoms with van der Waals surface area (Å²) in [6.45, 7) is 0. The number of rotatable bonds is 2. The number of amides is 4. The van der Waals surface area contributed by atoms with Crippen molar-refractivity contribution in [2.45, 2.75) is 6.04 Å². The predicted octanol–water partition coefficient (Wildman–Crippen LogP) is 0.348. The van der Waals surface area contributed by atoms with Gasteiger partial charge in [0, 0.05) is 14.1 Å². The van der Waals surface area contributed by atoms with Crippen LogP contribution in [0.15, 0.2) is 17.5 Å². The van der Waals surface area contributed by atoms with E-state index in [2.05, 4.69) is 5.32 Å². The van der Waals surface area contributed by atoms with Gasteiger partial charge in [0.05, 0.1) is 4.88 Å². The number of urea groups is 1. The average Bonchev–Trinajstić information content (AvgIpc) is 2.93. The monoisotopic (exact) mass is 280 g/mol. The van der Waals surface area contributed by atoms with E-state index < -0.39 is 23.9 Å². The number of carbonyl (C=O) groups excluding carboxylic acids is 3. The molecule has 1 aliphatic rings. The van der Waals surface area contributed by atoms with Crippen LogP contribution >= 0.6 is 11.3 Å². The maximum absolute atomic E-state index is 11.9. The van der Waals surface area contributed by atoms with Crippen LogP contribution in [0.1, 0.15) is 9.67 Å². The topological polar surface area (TPSA) is 93.6 Å². The standard InChI is InChI=1S/C11H12N4O3S/c1-14-8(12)7(10(17)15(2)11(14)18)13-9(16)6-4-3-5-19-6/h3-5,7,12H,1-2H3,(H,13,16). The lowest BCUT2D eigenvalue weighted by Crippen LogP contribution is -2.64. The minimum Gasteiger partial charge on any atom is -0.333 e. The SMILES string of the molecule is CN1C(=N)C(NC(=O)c2cccs2)C(=O)N(C)C1=O. The average molecular weight is 280 g/mol. The highest BCUT2D eigenvalue weighted by Crippen LogP contribution is 2.12. The molecule has 0 spiro atoms. The van der Waals surface area contributed by atoms with Crippen LogP contribution in [0.4, 0.5) is 4.79 Å². The summed E-state index contributed by atoms with van der Waals surface area (Å²) in [6, 6.07) is 1.61. The second-order valence-corrected chi connectivity index (χ2v) is 4.96. The van der Waals surface area contributed by atoms with Gasteiger partial charge in [-0.05, 0) is 11.4 Å². The zero-order valence-electron chi connectivity index (χ0n) is 10.3. The van der Waals surface area contributed by atoms with Crippen LogP contribution in [0.5, 0.6) is 0 Å². The fraction of sp³-hybridized carbons (Fsp3) is 0.273. The summed E-state index contributed by atoms with van der Waals surface area (Å²) >= 11 is 1.24. The van der Waals surface area contributed by atoms with Crippen molar-refractivity contribution >= 4 is 35.0 Å². The Kier molecular flexibility index (Phi) is 3.34. The van der Waals surface area contributed by atoms with Gasteiger partial charge in [-0.15, -0.1) is 11.3 Å². The second-order valence-electron chi connectivity index (χ2n) is 4.01. The molecule has 0 aliphatic carbocycles. The first-order chi connectivity index (χ1) is 8.93. The molecule has 8 heteroatoms. The molecule has 1 saturated heterocycles. The molecule has 1 unspecified atom stereocenters. The van der Waals surface area contributed by atoms with E-state index in [1.807, 2.05) is 0 Å². The minimum absolute atomic E-state index is 0.238. The number of likely N-dealkylation sites (N-methyl/N-ethyl adjacent to an activating group) is 2. The Balaban J connectivity index is 2.19. The van der Waals surface area contributed by atoms with E-state index in [4.69, 9.17) is 5.41 Å². The molecule has 1 aliphatic heterocycles. The number of nitrogens with one attached hydrogen (secondary N) is 2. The molecule has 1 fully saturated rings. The van der Waals surface area contributed by atoms with Crippen LogP contribution in [-0.2, 0) is 4.79 Å². The van der Waals surface area contributed by atoms with Crippen molar-refractivity contribution in [1.29, 1.82) is 5.41 Å². The molecule has 0 aromatic carbocycles. The highest BCUT2D eigenvalue weighted by molar-refractivity contribution is 7.12. The summed E-state index contributed by atoms with van der Waals surface area (Å²) in [5.41, 5.74) is 0. The van der Waals surface area contributed by atoms with Gasteiger partial charge in [0.1, 0.15) is 5.84 Å². The van der Waals surface area contributed by atoms with Crippen LogP contribution in [0.3, 0.4) is 0 Å². The highest BCUT2D eigenvalue weighted by atomic mass is 32.1. The van der Waals surface area contributed by atoms with Crippen LogP contribution < -0.4 is 5.32 Å². The quantitative estimate of drug-likeness (QED) is 0.818. The van der Waals surface area contributed by atoms with Gasteiger partial charge in [-0.25, -0.2) is 4.79 Å². The van der Waals surface area contributed by atoms with Gasteiger partial charge < -0.3 is 5.32 Å². The largest absolute Gasteiger partial charge is 0.333 e. The van der Waals surface area contributed by atoms with Crippen molar-refractivity contribution in [3.8, 4) is 0 Å². The number of hydrogen-bond donors (Lipinski definition) is 2. The van der Waals surface area contributed by atoms with Gasteiger partial charge in [-0.1, -0.05) is 6.07 Å². The first-order valence-electron chi connectivity index (χ1n) is 5.41. The molecule has 0 bridgehead atoms. The van der Waals surface area contributed by atoms with Crippen molar-refractivity contribution < 1.29 is 14.4 Å². The number of amidine groups is 1. The first-order valence-corrected chi connectivity index (χ1v) is 6.29. The minimum atomic E-state index is -1.14. The summed E-state index contributed by atoms with van der Waals surface area (Å²) < 4.78 is 0. The molecular formula is C11H12N4O3S. The number of hydrogen-bond acceptors (Lipinski definition) is 5. The molecule has 2 N–H and O–H groups in total. The zero-order valence-corrected chi connectivity index (χ0v) is 11.2. The van der Waals surface area contributed by atoms with E-state index in [-0.39, 0.29) is 5.84 Å². The number of imide groups is 1. The van der Waals surface area contributed by atoms with Gasteiger partial charge in [0.2, 0.25) is 0 Å². The third-order valence-electron chi connectivity index (χ3n) is 2.81. The van der Waals surface area contributed by atoms with E-state index >= 15 is 0 Å². The molecular weight excluding hydrogens is 268 g/mol. The fourth-order valence-electron chi connectivity index (χ4n) is 1.67. The smallest absolute Gasteiger partial charge is 0.331 e. The molecule has 7 nitrogen and oxygen atoms in total. The third-order valence-corrected chi connectivity index (χ3v) is 3.68. The number of carbonyl (C=O) groups is 3. The van der Waals surface area contributed by atoms with E-state index in [1.54, 1.807) is 17.5 Å². The summed E-state index contributed by atoms with van der Waals surface area (Å²) in [5.74, 6) is -1.29. The second kappa shape index (κ2) is 4.81. The molecule has 0 saturated carbocycles. The lowest BCUT2D eigenvalue weighted by atomic mass is 10.1. The van der Waals surface area contributed by atoms with Crippen molar-refractivity contribution in [1.82, 2.24) is 15.1 Å². The van der Waals surface area contributed by atoms with E-state index in [0.717, 1.165) is 9.80 Å². The van der Waals surface area contributed by atoms with Gasteiger partial charge in [0.25, 0.3) is 11.8 Å².